The maximum Gasteiger partial charge on any atom is 0.0114 e. The van der Waals surface area contributed by atoms with Gasteiger partial charge in [-0.15, -0.1) is 0 Å². The molecule has 0 aromatic heterocycles. The molecule has 1 aliphatic rings. The quantitative estimate of drug-likeness (QED) is 0.469. The van der Waals surface area contributed by atoms with E-state index in [4.69, 9.17) is 12.2 Å². The zero-order valence-electron chi connectivity index (χ0n) is 4.48. The first-order valence-corrected chi connectivity index (χ1v) is 3.12. The smallest absolute Gasteiger partial charge is 0.0114 e. The van der Waals surface area contributed by atoms with E-state index < -0.39 is 0 Å². The Morgan fingerprint density at radius 3 is 2.57 bits per heavy atom. The van der Waals surface area contributed by atoms with Crippen molar-refractivity contribution in [3.05, 3.63) is 5.92 Å². The lowest BCUT2D eigenvalue weighted by atomic mass is 9.76. The second-order valence-electron chi connectivity index (χ2n) is 2.13. The van der Waals surface area contributed by atoms with Gasteiger partial charge in [0, 0.05) is 5.92 Å². The summed E-state index contributed by atoms with van der Waals surface area (Å²) in [7, 11) is 0. The SMILES string of the molecule is CC1CC[C]1C=S. The molecule has 1 radical (unpaired) electrons. The van der Waals surface area contributed by atoms with Gasteiger partial charge in [0.05, 0.1) is 0 Å². The molecule has 7 heavy (non-hydrogen) atoms. The lowest BCUT2D eigenvalue weighted by Crippen LogP contribution is -2.20. The molecule has 0 aromatic carbocycles. The van der Waals surface area contributed by atoms with Crippen LogP contribution in [0, 0.1) is 11.8 Å². The van der Waals surface area contributed by atoms with Gasteiger partial charge in [-0.05, 0) is 24.1 Å². The molecule has 0 heterocycles. The molecule has 0 aromatic rings. The molecule has 0 saturated heterocycles. The van der Waals surface area contributed by atoms with Crippen molar-refractivity contribution in [2.45, 2.75) is 19.8 Å². The highest BCUT2D eigenvalue weighted by atomic mass is 32.1. The molecule has 0 nitrogen and oxygen atoms in total. The van der Waals surface area contributed by atoms with Crippen molar-refractivity contribution in [1.82, 2.24) is 0 Å². The zero-order valence-corrected chi connectivity index (χ0v) is 5.29. The maximum absolute atomic E-state index is 4.74. The Bertz CT molecular complexity index is 78.2. The van der Waals surface area contributed by atoms with E-state index in [0.29, 0.717) is 0 Å². The summed E-state index contributed by atoms with van der Waals surface area (Å²) in [5.74, 6) is 2.27. The van der Waals surface area contributed by atoms with Crippen LogP contribution in [-0.4, -0.2) is 5.37 Å². The third-order valence-electron chi connectivity index (χ3n) is 1.65. The summed E-state index contributed by atoms with van der Waals surface area (Å²) in [6.45, 7) is 2.22. The molecule has 0 spiro atoms. The molecule has 0 bridgehead atoms. The molecule has 0 amide bonds. The van der Waals surface area contributed by atoms with Crippen molar-refractivity contribution in [2.75, 3.05) is 0 Å². The van der Waals surface area contributed by atoms with Gasteiger partial charge in [0.2, 0.25) is 0 Å². The van der Waals surface area contributed by atoms with Crippen molar-refractivity contribution in [3.63, 3.8) is 0 Å². The Morgan fingerprint density at radius 2 is 2.57 bits per heavy atom. The summed E-state index contributed by atoms with van der Waals surface area (Å²) in [6.07, 6.45) is 2.60. The third kappa shape index (κ3) is 0.828. The summed E-state index contributed by atoms with van der Waals surface area (Å²) in [6, 6.07) is 0. The Balaban J connectivity index is 2.28. The average molecular weight is 113 g/mol. The van der Waals surface area contributed by atoms with E-state index in [1.807, 2.05) is 5.37 Å². The highest BCUT2D eigenvalue weighted by molar-refractivity contribution is 7.79. The Kier molecular flexibility index (Phi) is 1.43. The van der Waals surface area contributed by atoms with Crippen molar-refractivity contribution in [3.8, 4) is 0 Å². The van der Waals surface area contributed by atoms with Crippen LogP contribution in [0.25, 0.3) is 0 Å². The fourth-order valence-electron chi connectivity index (χ4n) is 0.775. The first kappa shape index (κ1) is 5.23. The van der Waals surface area contributed by atoms with Crippen LogP contribution in [0.4, 0.5) is 0 Å². The minimum absolute atomic E-state index is 0.803. The zero-order chi connectivity index (χ0) is 5.28. The Labute approximate surface area is 49.9 Å². The third-order valence-corrected chi connectivity index (χ3v) is 1.95. The molecule has 1 heteroatoms. The van der Waals surface area contributed by atoms with E-state index in [1.165, 1.54) is 18.8 Å². The lowest BCUT2D eigenvalue weighted by molar-refractivity contribution is 0.440. The second-order valence-corrected chi connectivity index (χ2v) is 2.37. The lowest BCUT2D eigenvalue weighted by Gasteiger charge is -2.28. The van der Waals surface area contributed by atoms with Crippen LogP contribution in [0.1, 0.15) is 19.8 Å². The molecular formula is C6H9S. The maximum atomic E-state index is 4.74. The Hall–Kier alpha value is 0.0900. The summed E-state index contributed by atoms with van der Waals surface area (Å²) in [5.41, 5.74) is 0. The van der Waals surface area contributed by atoms with Gasteiger partial charge in [0.15, 0.2) is 0 Å². The minimum Gasteiger partial charge on any atom is -0.0928 e. The molecule has 1 fully saturated rings. The van der Waals surface area contributed by atoms with Gasteiger partial charge in [-0.2, -0.15) is 0 Å². The molecular weight excluding hydrogens is 104 g/mol. The van der Waals surface area contributed by atoms with E-state index in [0.717, 1.165) is 5.92 Å². The molecule has 0 aliphatic heterocycles. The fourth-order valence-corrected chi connectivity index (χ4v) is 1.12. The predicted molar refractivity (Wildman–Crippen MR) is 35.3 cm³/mol. The molecule has 0 N–H and O–H groups in total. The predicted octanol–water partition coefficient (Wildman–Crippen LogP) is 1.99. The van der Waals surface area contributed by atoms with E-state index >= 15 is 0 Å². The summed E-state index contributed by atoms with van der Waals surface area (Å²) in [5, 5.41) is 1.83. The average Bonchev–Trinajstić information content (AvgIpc) is 1.65. The van der Waals surface area contributed by atoms with Gasteiger partial charge in [-0.3, -0.25) is 0 Å². The molecule has 39 valence electrons. The first-order chi connectivity index (χ1) is 3.34. The minimum atomic E-state index is 0.803. The molecule has 1 rings (SSSR count). The van der Waals surface area contributed by atoms with Crippen molar-refractivity contribution in [1.29, 1.82) is 0 Å². The van der Waals surface area contributed by atoms with Gasteiger partial charge in [0.25, 0.3) is 0 Å². The van der Waals surface area contributed by atoms with Gasteiger partial charge in [0.1, 0.15) is 0 Å². The number of thiocarbonyl (C=S) groups is 1. The number of hydrogen-bond donors (Lipinski definition) is 0. The van der Waals surface area contributed by atoms with Gasteiger partial charge in [-0.25, -0.2) is 0 Å². The molecule has 1 saturated carbocycles. The summed E-state index contributed by atoms with van der Waals surface area (Å²) in [4.78, 5) is 0. The van der Waals surface area contributed by atoms with Crippen LogP contribution in [0.15, 0.2) is 0 Å². The normalized spacial score (nSPS) is 31.9. The molecule has 1 unspecified atom stereocenters. The topological polar surface area (TPSA) is 0 Å². The van der Waals surface area contributed by atoms with E-state index in [2.05, 4.69) is 6.92 Å². The van der Waals surface area contributed by atoms with Gasteiger partial charge in [-0.1, -0.05) is 19.1 Å². The van der Waals surface area contributed by atoms with Crippen molar-refractivity contribution < 1.29 is 0 Å². The highest BCUT2D eigenvalue weighted by Crippen LogP contribution is 2.33. The van der Waals surface area contributed by atoms with Crippen LogP contribution in [0.3, 0.4) is 0 Å². The van der Waals surface area contributed by atoms with E-state index in [1.54, 1.807) is 0 Å². The fraction of sp³-hybridized carbons (Fsp3) is 0.667. The standard InChI is InChI=1S/C6H9S/c1-5-2-3-6(5)4-7/h4-5H,2-3H2,1H3. The Morgan fingerprint density at radius 1 is 1.86 bits per heavy atom. The van der Waals surface area contributed by atoms with Crippen LogP contribution in [-0.2, 0) is 0 Å². The number of hydrogen-bond acceptors (Lipinski definition) is 1. The number of rotatable bonds is 1. The second kappa shape index (κ2) is 1.91. The van der Waals surface area contributed by atoms with Crippen LogP contribution in [0.5, 0.6) is 0 Å². The summed E-state index contributed by atoms with van der Waals surface area (Å²) < 4.78 is 0. The monoisotopic (exact) mass is 113 g/mol. The van der Waals surface area contributed by atoms with Crippen LogP contribution in [0.2, 0.25) is 0 Å². The molecule has 1 aliphatic carbocycles. The van der Waals surface area contributed by atoms with E-state index in [9.17, 15) is 0 Å². The first-order valence-electron chi connectivity index (χ1n) is 2.65. The largest absolute Gasteiger partial charge is 0.0928 e. The van der Waals surface area contributed by atoms with Crippen LogP contribution < -0.4 is 0 Å². The van der Waals surface area contributed by atoms with Gasteiger partial charge >= 0.3 is 0 Å². The van der Waals surface area contributed by atoms with Crippen molar-refractivity contribution in [2.24, 2.45) is 5.92 Å². The molecule has 1 atom stereocenters. The van der Waals surface area contributed by atoms with E-state index in [-0.39, 0.29) is 0 Å². The summed E-state index contributed by atoms with van der Waals surface area (Å²) >= 11 is 4.74. The van der Waals surface area contributed by atoms with Crippen LogP contribution >= 0.6 is 12.2 Å². The highest BCUT2D eigenvalue weighted by Gasteiger charge is 2.24. The van der Waals surface area contributed by atoms with Gasteiger partial charge < -0.3 is 0 Å². The van der Waals surface area contributed by atoms with Crippen molar-refractivity contribution >= 4 is 17.6 Å².